The minimum atomic E-state index is -4.87. The lowest BCUT2D eigenvalue weighted by Gasteiger charge is -2.31. The number of carbonyl (C=O) groups excluding carboxylic acids is 1. The number of ether oxygens (including phenoxy) is 2. The highest BCUT2D eigenvalue weighted by molar-refractivity contribution is 7.84. The van der Waals surface area contributed by atoms with E-state index >= 15 is 0 Å². The smallest absolute Gasteiger partial charge is 0.419 e. The van der Waals surface area contributed by atoms with Crippen LogP contribution in [0.1, 0.15) is 6.42 Å². The van der Waals surface area contributed by atoms with E-state index < -0.39 is 64.9 Å². The summed E-state index contributed by atoms with van der Waals surface area (Å²) in [5, 5.41) is 2.62. The number of halogens is 5. The maximum atomic E-state index is 14.3. The van der Waals surface area contributed by atoms with E-state index in [4.69, 9.17) is 9.47 Å². The predicted molar refractivity (Wildman–Crippen MR) is 110 cm³/mol. The van der Waals surface area contributed by atoms with Crippen LogP contribution < -0.4 is 15.0 Å². The van der Waals surface area contributed by atoms with Crippen LogP contribution in [0, 0.1) is 11.6 Å². The van der Waals surface area contributed by atoms with Crippen LogP contribution in [0.25, 0.3) is 0 Å². The van der Waals surface area contributed by atoms with E-state index in [9.17, 15) is 31.0 Å². The highest BCUT2D eigenvalue weighted by Crippen LogP contribution is 2.47. The quantitative estimate of drug-likeness (QED) is 0.623. The van der Waals surface area contributed by atoms with E-state index in [1.807, 2.05) is 0 Å². The molecule has 1 N–H and O–H groups in total. The van der Waals surface area contributed by atoms with Gasteiger partial charge in [0.15, 0.2) is 17.2 Å². The standard InChI is InChI=1S/C20H20F5N3O4S/c1-31-17-13(5-4-12(21)16(17)22)28-10-19(32-2,20(23,24)25)9-14(28)18(29)27-11-6-7-26-15(8-11)33(3)30/h4-8,14H,9-10H2,1-3H3,(H,26,27,29). The molecule has 0 spiro atoms. The second-order valence-corrected chi connectivity index (χ2v) is 8.61. The largest absolute Gasteiger partial charge is 0.491 e. The number of nitrogens with zero attached hydrogens (tertiary/aromatic N) is 2. The first-order valence-electron chi connectivity index (χ1n) is 9.45. The fraction of sp³-hybridized carbons (Fsp3) is 0.400. The zero-order chi connectivity index (χ0) is 24.6. The van der Waals surface area contributed by atoms with Gasteiger partial charge in [-0.1, -0.05) is 0 Å². The van der Waals surface area contributed by atoms with Crippen LogP contribution in [0.5, 0.6) is 5.75 Å². The van der Waals surface area contributed by atoms with Crippen molar-refractivity contribution < 1.29 is 40.4 Å². The van der Waals surface area contributed by atoms with Crippen molar-refractivity contribution in [3.8, 4) is 5.75 Å². The molecule has 1 aliphatic rings. The number of nitrogens with one attached hydrogen (secondary N) is 1. The van der Waals surface area contributed by atoms with Gasteiger partial charge in [0, 0.05) is 31.7 Å². The molecule has 1 aromatic carbocycles. The van der Waals surface area contributed by atoms with Crippen molar-refractivity contribution in [3.63, 3.8) is 0 Å². The van der Waals surface area contributed by atoms with E-state index in [-0.39, 0.29) is 16.4 Å². The summed E-state index contributed by atoms with van der Waals surface area (Å²) in [6.07, 6.45) is -3.03. The van der Waals surface area contributed by atoms with Crippen LogP contribution in [0.15, 0.2) is 35.5 Å². The number of amides is 1. The van der Waals surface area contributed by atoms with Gasteiger partial charge in [-0.15, -0.1) is 0 Å². The lowest BCUT2D eigenvalue weighted by Crippen LogP contribution is -2.49. The molecular formula is C20H20F5N3O4S. The van der Waals surface area contributed by atoms with Crippen molar-refractivity contribution >= 4 is 28.1 Å². The molecule has 1 fully saturated rings. The van der Waals surface area contributed by atoms with Gasteiger partial charge < -0.3 is 19.7 Å². The first-order chi connectivity index (χ1) is 15.4. The zero-order valence-corrected chi connectivity index (χ0v) is 18.5. The number of hydrogen-bond acceptors (Lipinski definition) is 6. The summed E-state index contributed by atoms with van der Waals surface area (Å²) in [6, 6.07) is 2.96. The summed E-state index contributed by atoms with van der Waals surface area (Å²) in [5.74, 6) is -4.18. The molecule has 1 amide bonds. The van der Waals surface area contributed by atoms with Gasteiger partial charge in [0.2, 0.25) is 11.7 Å². The van der Waals surface area contributed by atoms with Crippen molar-refractivity contribution in [2.24, 2.45) is 0 Å². The van der Waals surface area contributed by atoms with Crippen LogP contribution in [-0.4, -0.2) is 59.9 Å². The zero-order valence-electron chi connectivity index (χ0n) is 17.7. The van der Waals surface area contributed by atoms with Crippen LogP contribution in [0.3, 0.4) is 0 Å². The third-order valence-electron chi connectivity index (χ3n) is 5.37. The molecule has 3 rings (SSSR count). The third-order valence-corrected chi connectivity index (χ3v) is 6.19. The van der Waals surface area contributed by atoms with Crippen LogP contribution in [-0.2, 0) is 20.3 Å². The van der Waals surface area contributed by atoms with E-state index in [1.165, 1.54) is 24.6 Å². The van der Waals surface area contributed by atoms with Crippen LogP contribution in [0.2, 0.25) is 0 Å². The van der Waals surface area contributed by atoms with Gasteiger partial charge in [0.05, 0.1) is 30.1 Å². The molecule has 1 aromatic heterocycles. The highest BCUT2D eigenvalue weighted by atomic mass is 32.2. The van der Waals surface area contributed by atoms with Gasteiger partial charge >= 0.3 is 6.18 Å². The Morgan fingerprint density at radius 1 is 1.27 bits per heavy atom. The topological polar surface area (TPSA) is 80.8 Å². The number of hydrogen-bond donors (Lipinski definition) is 1. The molecule has 1 aliphatic heterocycles. The number of carbonyl (C=O) groups is 1. The van der Waals surface area contributed by atoms with E-state index in [1.54, 1.807) is 0 Å². The maximum Gasteiger partial charge on any atom is 0.419 e. The van der Waals surface area contributed by atoms with Crippen molar-refractivity contribution in [1.29, 1.82) is 0 Å². The number of alkyl halides is 3. The van der Waals surface area contributed by atoms with Gasteiger partial charge in [-0.05, 0) is 24.3 Å². The molecule has 0 bridgehead atoms. The fourth-order valence-corrected chi connectivity index (χ4v) is 4.14. The summed E-state index contributed by atoms with van der Waals surface area (Å²) in [6.45, 7) is -0.868. The Morgan fingerprint density at radius 3 is 2.55 bits per heavy atom. The molecule has 1 saturated heterocycles. The maximum absolute atomic E-state index is 14.3. The van der Waals surface area contributed by atoms with E-state index in [0.29, 0.717) is 0 Å². The fourth-order valence-electron chi connectivity index (χ4n) is 3.64. The Kier molecular flexibility index (Phi) is 6.93. The molecule has 3 atom stereocenters. The molecule has 180 valence electrons. The average Bonchev–Trinajstić information content (AvgIpc) is 3.17. The summed E-state index contributed by atoms with van der Waals surface area (Å²) >= 11 is 0. The average molecular weight is 493 g/mol. The minimum absolute atomic E-state index is 0.152. The van der Waals surface area contributed by atoms with E-state index in [0.717, 1.165) is 31.3 Å². The Labute approximate surface area is 188 Å². The Bertz CT molecular complexity index is 1080. The van der Waals surface area contributed by atoms with Gasteiger partial charge in [-0.25, -0.2) is 9.37 Å². The molecule has 3 unspecified atom stereocenters. The van der Waals surface area contributed by atoms with Gasteiger partial charge in [0.1, 0.15) is 11.1 Å². The molecule has 13 heteroatoms. The highest BCUT2D eigenvalue weighted by Gasteiger charge is 2.63. The summed E-state index contributed by atoms with van der Waals surface area (Å²) < 4.78 is 91.2. The number of benzene rings is 1. The number of rotatable bonds is 6. The van der Waals surface area contributed by atoms with Gasteiger partial charge in [-0.3, -0.25) is 9.00 Å². The first kappa shape index (κ1) is 24.8. The molecular weight excluding hydrogens is 473 g/mol. The van der Waals surface area contributed by atoms with Gasteiger partial charge in [0.25, 0.3) is 0 Å². The molecule has 33 heavy (non-hydrogen) atoms. The molecule has 0 aliphatic carbocycles. The van der Waals surface area contributed by atoms with Crippen molar-refractivity contribution in [2.45, 2.75) is 29.3 Å². The Hall–Kier alpha value is -2.80. The number of aromatic nitrogens is 1. The Balaban J connectivity index is 2.05. The molecule has 2 heterocycles. The van der Waals surface area contributed by atoms with Crippen molar-refractivity contribution in [3.05, 3.63) is 42.1 Å². The first-order valence-corrected chi connectivity index (χ1v) is 11.0. The van der Waals surface area contributed by atoms with Gasteiger partial charge in [-0.2, -0.15) is 17.6 Å². The van der Waals surface area contributed by atoms with Crippen molar-refractivity contribution in [2.75, 3.05) is 37.2 Å². The Morgan fingerprint density at radius 2 is 1.97 bits per heavy atom. The van der Waals surface area contributed by atoms with Crippen LogP contribution in [0.4, 0.5) is 33.3 Å². The number of anilines is 2. The molecule has 7 nitrogen and oxygen atoms in total. The monoisotopic (exact) mass is 493 g/mol. The molecule has 0 saturated carbocycles. The lowest BCUT2D eigenvalue weighted by molar-refractivity contribution is -0.261. The normalized spacial score (nSPS) is 21.7. The third kappa shape index (κ3) is 4.64. The SMILES string of the molecule is COc1c(N2CC(OC)(C(F)(F)F)CC2C(=O)Nc2ccnc(S(C)=O)c2)ccc(F)c1F. The lowest BCUT2D eigenvalue weighted by atomic mass is 9.99. The second kappa shape index (κ2) is 9.21. The van der Waals surface area contributed by atoms with E-state index in [2.05, 4.69) is 10.3 Å². The second-order valence-electron chi connectivity index (χ2n) is 7.28. The number of pyridine rings is 1. The number of methoxy groups -OCH3 is 2. The summed E-state index contributed by atoms with van der Waals surface area (Å²) in [7, 11) is 0.429. The summed E-state index contributed by atoms with van der Waals surface area (Å²) in [4.78, 5) is 17.9. The van der Waals surface area contributed by atoms with Crippen molar-refractivity contribution in [1.82, 2.24) is 4.98 Å². The van der Waals surface area contributed by atoms with Crippen LogP contribution >= 0.6 is 0 Å². The summed E-state index contributed by atoms with van der Waals surface area (Å²) in [5.41, 5.74) is -2.84. The minimum Gasteiger partial charge on any atom is -0.491 e. The molecule has 0 radical (unpaired) electrons. The molecule has 2 aromatic rings. The predicted octanol–water partition coefficient (Wildman–Crippen LogP) is 3.27.